The summed E-state index contributed by atoms with van der Waals surface area (Å²) in [5.41, 5.74) is 0.113. The van der Waals surface area contributed by atoms with Crippen LogP contribution in [0.2, 0.25) is 0 Å². The lowest BCUT2D eigenvalue weighted by Crippen LogP contribution is -2.63. The third-order valence-corrected chi connectivity index (χ3v) is 10.7. The van der Waals surface area contributed by atoms with Crippen LogP contribution in [0.25, 0.3) is 0 Å². The average Bonchev–Trinajstić information content (AvgIpc) is 3.13. The summed E-state index contributed by atoms with van der Waals surface area (Å²) < 4.78 is 11.6. The molecule has 214 valence electrons. The van der Waals surface area contributed by atoms with Crippen molar-refractivity contribution in [1.82, 2.24) is 0 Å². The molecule has 1 heterocycles. The van der Waals surface area contributed by atoms with Crippen molar-refractivity contribution in [2.24, 2.45) is 40.9 Å². The summed E-state index contributed by atoms with van der Waals surface area (Å²) in [6.07, 6.45) is 7.68. The number of allylic oxidation sites excluding steroid dienone is 2. The summed E-state index contributed by atoms with van der Waals surface area (Å²) in [6, 6.07) is 0. The third kappa shape index (κ3) is 5.00. The van der Waals surface area contributed by atoms with Gasteiger partial charge in [0.1, 0.15) is 17.8 Å². The van der Waals surface area contributed by atoms with Crippen LogP contribution in [0.4, 0.5) is 0 Å². The fourth-order valence-corrected chi connectivity index (χ4v) is 8.65. The smallest absolute Gasteiger partial charge is 0.338 e. The van der Waals surface area contributed by atoms with Crippen molar-refractivity contribution in [3.63, 3.8) is 0 Å². The van der Waals surface area contributed by atoms with Crippen molar-refractivity contribution in [2.75, 3.05) is 0 Å². The fraction of sp³-hybridized carbons (Fsp3) is 0.812. The Morgan fingerprint density at radius 1 is 1.21 bits per heavy atom. The zero-order chi connectivity index (χ0) is 28.0. The topological polar surface area (TPSA) is 93.1 Å². The van der Waals surface area contributed by atoms with Gasteiger partial charge in [0.05, 0.1) is 0 Å². The van der Waals surface area contributed by atoms with Gasteiger partial charge in [-0.05, 0) is 80.6 Å². The van der Waals surface area contributed by atoms with E-state index < -0.39 is 29.7 Å². The Labute approximate surface area is 229 Å². The molecule has 0 radical (unpaired) electrons. The minimum Gasteiger partial charge on any atom is -0.462 e. The van der Waals surface area contributed by atoms with Gasteiger partial charge in [-0.1, -0.05) is 65.2 Å². The second kappa shape index (κ2) is 11.1. The Kier molecular flexibility index (Phi) is 8.55. The molecule has 1 aliphatic heterocycles. The fourth-order valence-electron chi connectivity index (χ4n) is 8.65. The Morgan fingerprint density at radius 2 is 1.92 bits per heavy atom. The molecule has 2 saturated carbocycles. The first-order valence-corrected chi connectivity index (χ1v) is 15.0. The molecule has 0 aromatic heterocycles. The number of cyclic esters (lactones) is 1. The molecule has 1 saturated heterocycles. The molecule has 6 nitrogen and oxygen atoms in total. The molecule has 0 spiro atoms. The molecule has 0 aromatic carbocycles. The summed E-state index contributed by atoms with van der Waals surface area (Å²) in [7, 11) is 0. The van der Waals surface area contributed by atoms with Gasteiger partial charge in [-0.15, -0.1) is 0 Å². The molecular formula is C32H50O6. The summed E-state index contributed by atoms with van der Waals surface area (Å²) in [4.78, 5) is 25.4. The number of hydrogen-bond donors (Lipinski definition) is 2. The Balaban J connectivity index is 1.62. The van der Waals surface area contributed by atoms with E-state index in [9.17, 15) is 19.8 Å². The number of ether oxygens (including phenoxy) is 2. The summed E-state index contributed by atoms with van der Waals surface area (Å²) in [5, 5.41) is 23.0. The second-order valence-electron chi connectivity index (χ2n) is 13.5. The molecule has 4 aliphatic rings. The van der Waals surface area contributed by atoms with E-state index >= 15 is 0 Å². The highest BCUT2D eigenvalue weighted by atomic mass is 16.6. The number of aliphatic hydroxyl groups excluding tert-OH is 1. The van der Waals surface area contributed by atoms with E-state index in [0.717, 1.165) is 44.9 Å². The maximum Gasteiger partial charge on any atom is 0.338 e. The normalized spacial score (nSPS) is 42.8. The SMILES string of the molecule is C=C1C2CC3C(C(C)C)C(OC(=O)CCCCCC)CC3(C)CC2C(C)=CCC2C(C)OC(=O)C(O)C12O. The van der Waals surface area contributed by atoms with Crippen LogP contribution in [-0.4, -0.2) is 46.1 Å². The van der Waals surface area contributed by atoms with Crippen LogP contribution in [0.5, 0.6) is 0 Å². The van der Waals surface area contributed by atoms with Gasteiger partial charge in [-0.25, -0.2) is 4.79 Å². The Hall–Kier alpha value is -1.66. The highest BCUT2D eigenvalue weighted by molar-refractivity contribution is 5.78. The molecule has 4 rings (SSSR count). The molecule has 0 bridgehead atoms. The standard InChI is InChI=1S/C32H50O6/c1-8-9-10-11-12-27(33)38-26-17-31(7)16-23-19(4)13-14-24-21(6)37-30(35)29(34)32(24,36)20(5)22(23)15-25(31)28(26)18(2)3/h13,18,21-26,28-29,34,36H,5,8-12,14-17H2,1-4,6-7H3. The predicted octanol–water partition coefficient (Wildman–Crippen LogP) is 5.75. The van der Waals surface area contributed by atoms with E-state index in [2.05, 4.69) is 47.3 Å². The second-order valence-corrected chi connectivity index (χ2v) is 13.5. The van der Waals surface area contributed by atoms with E-state index in [0.29, 0.717) is 24.3 Å². The van der Waals surface area contributed by atoms with E-state index in [1.54, 1.807) is 6.92 Å². The Bertz CT molecular complexity index is 954. The van der Waals surface area contributed by atoms with E-state index in [1.165, 1.54) is 5.57 Å². The zero-order valence-electron chi connectivity index (χ0n) is 24.4. The maximum atomic E-state index is 12.8. The lowest BCUT2D eigenvalue weighted by atomic mass is 9.53. The van der Waals surface area contributed by atoms with Gasteiger partial charge in [0.25, 0.3) is 0 Å². The predicted molar refractivity (Wildman–Crippen MR) is 147 cm³/mol. The van der Waals surface area contributed by atoms with Gasteiger partial charge in [0.2, 0.25) is 0 Å². The molecule has 0 amide bonds. The zero-order valence-corrected chi connectivity index (χ0v) is 24.4. The van der Waals surface area contributed by atoms with Gasteiger partial charge < -0.3 is 19.7 Å². The van der Waals surface area contributed by atoms with Gasteiger partial charge in [-0.2, -0.15) is 0 Å². The van der Waals surface area contributed by atoms with Crippen LogP contribution in [0.15, 0.2) is 23.8 Å². The first-order chi connectivity index (χ1) is 17.8. The average molecular weight is 531 g/mol. The van der Waals surface area contributed by atoms with Crippen molar-refractivity contribution >= 4 is 11.9 Å². The highest BCUT2D eigenvalue weighted by Gasteiger charge is 2.62. The van der Waals surface area contributed by atoms with Crippen molar-refractivity contribution in [3.8, 4) is 0 Å². The number of hydrogen-bond acceptors (Lipinski definition) is 6. The molecular weight excluding hydrogens is 480 g/mol. The van der Waals surface area contributed by atoms with Gasteiger partial charge in [-0.3, -0.25) is 4.79 Å². The monoisotopic (exact) mass is 530 g/mol. The summed E-state index contributed by atoms with van der Waals surface area (Å²) >= 11 is 0. The summed E-state index contributed by atoms with van der Waals surface area (Å²) in [6.45, 7) is 17.3. The van der Waals surface area contributed by atoms with Crippen molar-refractivity contribution < 1.29 is 29.3 Å². The molecule has 10 unspecified atom stereocenters. The van der Waals surface area contributed by atoms with Crippen LogP contribution in [0.1, 0.15) is 99.3 Å². The minimum absolute atomic E-state index is 0.00272. The van der Waals surface area contributed by atoms with Crippen LogP contribution >= 0.6 is 0 Å². The maximum absolute atomic E-state index is 12.8. The molecule has 38 heavy (non-hydrogen) atoms. The number of fused-ring (bicyclic) bond motifs is 3. The van der Waals surface area contributed by atoms with Crippen LogP contribution < -0.4 is 0 Å². The van der Waals surface area contributed by atoms with Crippen LogP contribution in [0, 0.1) is 40.9 Å². The lowest BCUT2D eigenvalue weighted by molar-refractivity contribution is -0.209. The number of unbranched alkanes of at least 4 members (excludes halogenated alkanes) is 3. The highest BCUT2D eigenvalue weighted by Crippen LogP contribution is 2.63. The third-order valence-electron chi connectivity index (χ3n) is 10.7. The van der Waals surface area contributed by atoms with Gasteiger partial charge in [0, 0.05) is 18.3 Å². The number of carbonyl (C=O) groups is 2. The minimum atomic E-state index is -1.72. The quantitative estimate of drug-likeness (QED) is 0.247. The molecule has 2 N–H and O–H groups in total. The van der Waals surface area contributed by atoms with E-state index in [4.69, 9.17) is 9.47 Å². The van der Waals surface area contributed by atoms with Crippen molar-refractivity contribution in [1.29, 1.82) is 0 Å². The lowest BCUT2D eigenvalue weighted by Gasteiger charge is -2.54. The Morgan fingerprint density at radius 3 is 2.58 bits per heavy atom. The van der Waals surface area contributed by atoms with Crippen molar-refractivity contribution in [2.45, 2.75) is 123 Å². The van der Waals surface area contributed by atoms with Gasteiger partial charge >= 0.3 is 11.9 Å². The number of carbonyl (C=O) groups excluding carboxylic acids is 2. The van der Waals surface area contributed by atoms with Crippen molar-refractivity contribution in [3.05, 3.63) is 23.8 Å². The number of rotatable bonds is 7. The molecule has 3 fully saturated rings. The number of esters is 2. The van der Waals surface area contributed by atoms with Crippen LogP contribution in [-0.2, 0) is 19.1 Å². The van der Waals surface area contributed by atoms with Gasteiger partial charge in [0.15, 0.2) is 6.10 Å². The van der Waals surface area contributed by atoms with E-state index in [1.807, 2.05) is 0 Å². The van der Waals surface area contributed by atoms with E-state index in [-0.39, 0.29) is 41.2 Å². The molecule has 0 aromatic rings. The first kappa shape index (κ1) is 29.3. The number of aliphatic hydroxyl groups is 2. The molecule has 3 aliphatic carbocycles. The molecule has 6 heteroatoms. The summed E-state index contributed by atoms with van der Waals surface area (Å²) in [5.74, 6) is -0.381. The largest absolute Gasteiger partial charge is 0.462 e. The first-order valence-electron chi connectivity index (χ1n) is 15.0. The van der Waals surface area contributed by atoms with Crippen LogP contribution in [0.3, 0.4) is 0 Å². The molecule has 10 atom stereocenters.